The number of thiophene rings is 1. The molecule has 2 heterocycles. The maximum Gasteiger partial charge on any atom is 0.261 e. The summed E-state index contributed by atoms with van der Waals surface area (Å²) in [5.74, 6) is -0.0204. The van der Waals surface area contributed by atoms with Gasteiger partial charge < -0.3 is 5.32 Å². The monoisotopic (exact) mass is 272 g/mol. The van der Waals surface area contributed by atoms with Gasteiger partial charge in [0.2, 0.25) is 0 Å². The van der Waals surface area contributed by atoms with Crippen LogP contribution in [0.3, 0.4) is 0 Å². The maximum absolute atomic E-state index is 11.8. The Bertz CT molecular complexity index is 388. The van der Waals surface area contributed by atoms with Crippen LogP contribution in [0.1, 0.15) is 29.4 Å². The molecule has 0 bridgehead atoms. The van der Waals surface area contributed by atoms with E-state index < -0.39 is 0 Å². The second-order valence-electron chi connectivity index (χ2n) is 4.41. The number of carbonyl (C=O) groups is 1. The second-order valence-corrected chi connectivity index (χ2v) is 6.12. The number of nitrogens with zero attached hydrogens (tertiary/aromatic N) is 1. The largest absolute Gasteiger partial charge is 0.350 e. The number of likely N-dealkylation sites (tertiary alicyclic amines) is 1. The zero-order valence-electron chi connectivity index (χ0n) is 9.91. The zero-order valence-corrected chi connectivity index (χ0v) is 11.5. The van der Waals surface area contributed by atoms with Crippen molar-refractivity contribution < 1.29 is 4.79 Å². The highest BCUT2D eigenvalue weighted by Crippen LogP contribution is 2.21. The Morgan fingerprint density at radius 3 is 2.82 bits per heavy atom. The smallest absolute Gasteiger partial charge is 0.261 e. The molecule has 0 aromatic carbocycles. The summed E-state index contributed by atoms with van der Waals surface area (Å²) in [5, 5.41) is 2.96. The standard InChI is InChI=1S/C12H17ClN2OS/c1-9(15-6-2-3-7-15)8-14-12(16)10-4-5-11(13)17-10/h4-5,9H,2-3,6-8H2,1H3,(H,14,16)/t9-/m0/s1. The normalized spacial score (nSPS) is 18.2. The van der Waals surface area contributed by atoms with E-state index in [1.54, 1.807) is 12.1 Å². The van der Waals surface area contributed by atoms with E-state index >= 15 is 0 Å². The van der Waals surface area contributed by atoms with Crippen LogP contribution in [-0.4, -0.2) is 36.5 Å². The first-order valence-corrected chi connectivity index (χ1v) is 7.14. The first-order chi connectivity index (χ1) is 8.16. The van der Waals surface area contributed by atoms with Crippen molar-refractivity contribution in [2.45, 2.75) is 25.8 Å². The van der Waals surface area contributed by atoms with Crippen LogP contribution < -0.4 is 5.32 Å². The Kier molecular flexibility index (Phi) is 4.42. The topological polar surface area (TPSA) is 32.3 Å². The van der Waals surface area contributed by atoms with Gasteiger partial charge in [0, 0.05) is 12.6 Å². The van der Waals surface area contributed by atoms with E-state index in [-0.39, 0.29) is 5.91 Å². The van der Waals surface area contributed by atoms with Crippen LogP contribution >= 0.6 is 22.9 Å². The summed E-state index contributed by atoms with van der Waals surface area (Å²) >= 11 is 7.12. The molecule has 1 aliphatic heterocycles. The number of hydrogen-bond acceptors (Lipinski definition) is 3. The minimum Gasteiger partial charge on any atom is -0.350 e. The summed E-state index contributed by atoms with van der Waals surface area (Å²) in [6.45, 7) is 5.17. The molecule has 0 spiro atoms. The predicted molar refractivity (Wildman–Crippen MR) is 71.9 cm³/mol. The molecule has 17 heavy (non-hydrogen) atoms. The minimum atomic E-state index is -0.0204. The van der Waals surface area contributed by atoms with Crippen LogP contribution in [0.5, 0.6) is 0 Å². The lowest BCUT2D eigenvalue weighted by Gasteiger charge is -2.23. The molecule has 0 saturated carbocycles. The van der Waals surface area contributed by atoms with Gasteiger partial charge in [-0.1, -0.05) is 11.6 Å². The molecule has 1 saturated heterocycles. The first kappa shape index (κ1) is 12.9. The molecule has 3 nitrogen and oxygen atoms in total. The molecule has 1 aromatic rings. The van der Waals surface area contributed by atoms with Gasteiger partial charge in [-0.15, -0.1) is 11.3 Å². The van der Waals surface area contributed by atoms with Crippen LogP contribution in [0, 0.1) is 0 Å². The summed E-state index contributed by atoms with van der Waals surface area (Å²) < 4.78 is 0.655. The maximum atomic E-state index is 11.8. The molecule has 0 aliphatic carbocycles. The second kappa shape index (κ2) is 5.85. The van der Waals surface area contributed by atoms with Gasteiger partial charge in [0.05, 0.1) is 9.21 Å². The van der Waals surface area contributed by atoms with Gasteiger partial charge in [0.15, 0.2) is 0 Å². The highest BCUT2D eigenvalue weighted by Gasteiger charge is 2.18. The average Bonchev–Trinajstić information content (AvgIpc) is 2.95. The third kappa shape index (κ3) is 3.44. The fraction of sp³-hybridized carbons (Fsp3) is 0.583. The predicted octanol–water partition coefficient (Wildman–Crippen LogP) is 2.62. The van der Waals surface area contributed by atoms with E-state index in [0.29, 0.717) is 21.8 Å². The van der Waals surface area contributed by atoms with Gasteiger partial charge >= 0.3 is 0 Å². The third-order valence-corrected chi connectivity index (χ3v) is 4.35. The third-order valence-electron chi connectivity index (χ3n) is 3.12. The summed E-state index contributed by atoms with van der Waals surface area (Å²) in [6.07, 6.45) is 2.55. The zero-order chi connectivity index (χ0) is 12.3. The number of amides is 1. The van der Waals surface area contributed by atoms with E-state index in [4.69, 9.17) is 11.6 Å². The van der Waals surface area contributed by atoms with Gasteiger partial charge in [0.25, 0.3) is 5.91 Å². The van der Waals surface area contributed by atoms with Gasteiger partial charge in [-0.2, -0.15) is 0 Å². The molecule has 5 heteroatoms. The number of rotatable bonds is 4. The summed E-state index contributed by atoms with van der Waals surface area (Å²) in [4.78, 5) is 14.9. The van der Waals surface area contributed by atoms with Crippen molar-refractivity contribution in [2.24, 2.45) is 0 Å². The molecule has 1 fully saturated rings. The van der Waals surface area contributed by atoms with Crippen LogP contribution in [0.25, 0.3) is 0 Å². The van der Waals surface area contributed by atoms with Crippen molar-refractivity contribution in [3.63, 3.8) is 0 Å². The SMILES string of the molecule is C[C@@H](CNC(=O)c1ccc(Cl)s1)N1CCCC1. The molecule has 1 aromatic heterocycles. The van der Waals surface area contributed by atoms with Crippen LogP contribution in [0.2, 0.25) is 4.34 Å². The summed E-state index contributed by atoms with van der Waals surface area (Å²) in [5.41, 5.74) is 0. The van der Waals surface area contributed by atoms with Crippen molar-refractivity contribution in [3.8, 4) is 0 Å². The van der Waals surface area contributed by atoms with Crippen molar-refractivity contribution >= 4 is 28.8 Å². The van der Waals surface area contributed by atoms with Gasteiger partial charge in [0.1, 0.15) is 0 Å². The lowest BCUT2D eigenvalue weighted by Crippen LogP contribution is -2.40. The molecule has 1 aliphatic rings. The Morgan fingerprint density at radius 2 is 2.24 bits per heavy atom. The van der Waals surface area contributed by atoms with Crippen molar-refractivity contribution in [1.82, 2.24) is 10.2 Å². The van der Waals surface area contributed by atoms with Gasteiger partial charge in [-0.3, -0.25) is 9.69 Å². The number of carbonyl (C=O) groups excluding carboxylic acids is 1. The molecular weight excluding hydrogens is 256 g/mol. The molecule has 1 amide bonds. The lowest BCUT2D eigenvalue weighted by atomic mass is 10.3. The van der Waals surface area contributed by atoms with E-state index in [1.807, 2.05) is 0 Å². The Labute approximate surface area is 111 Å². The average molecular weight is 273 g/mol. The number of halogens is 1. The molecule has 2 rings (SSSR count). The lowest BCUT2D eigenvalue weighted by molar-refractivity contribution is 0.0944. The number of nitrogens with one attached hydrogen (secondary N) is 1. The minimum absolute atomic E-state index is 0.0204. The van der Waals surface area contributed by atoms with Gasteiger partial charge in [-0.25, -0.2) is 0 Å². The highest BCUT2D eigenvalue weighted by molar-refractivity contribution is 7.17. The fourth-order valence-electron chi connectivity index (χ4n) is 2.08. The molecule has 1 N–H and O–H groups in total. The van der Waals surface area contributed by atoms with Gasteiger partial charge in [-0.05, 0) is 45.0 Å². The van der Waals surface area contributed by atoms with E-state index in [2.05, 4.69) is 17.1 Å². The molecule has 0 unspecified atom stereocenters. The van der Waals surface area contributed by atoms with E-state index in [0.717, 1.165) is 13.1 Å². The van der Waals surface area contributed by atoms with Crippen molar-refractivity contribution in [1.29, 1.82) is 0 Å². The molecule has 94 valence electrons. The van der Waals surface area contributed by atoms with Crippen molar-refractivity contribution in [3.05, 3.63) is 21.3 Å². The Balaban J connectivity index is 1.79. The summed E-state index contributed by atoms with van der Waals surface area (Å²) in [7, 11) is 0. The summed E-state index contributed by atoms with van der Waals surface area (Å²) in [6, 6.07) is 3.94. The van der Waals surface area contributed by atoms with Crippen LogP contribution in [0.4, 0.5) is 0 Å². The van der Waals surface area contributed by atoms with Crippen LogP contribution in [-0.2, 0) is 0 Å². The first-order valence-electron chi connectivity index (χ1n) is 5.94. The number of hydrogen-bond donors (Lipinski definition) is 1. The molecular formula is C12H17ClN2OS. The van der Waals surface area contributed by atoms with Crippen molar-refractivity contribution in [2.75, 3.05) is 19.6 Å². The van der Waals surface area contributed by atoms with Crippen LogP contribution in [0.15, 0.2) is 12.1 Å². The molecule has 1 atom stereocenters. The van der Waals surface area contributed by atoms with E-state index in [9.17, 15) is 4.79 Å². The Morgan fingerprint density at radius 1 is 1.53 bits per heavy atom. The van der Waals surface area contributed by atoms with E-state index in [1.165, 1.54) is 24.2 Å². The molecule has 0 radical (unpaired) electrons. The highest BCUT2D eigenvalue weighted by atomic mass is 35.5. The quantitative estimate of drug-likeness (QED) is 0.914. The fourth-order valence-corrected chi connectivity index (χ4v) is 3.03. The Hall–Kier alpha value is -0.580.